The molecular weight excluding hydrogens is 260 g/mol. The highest BCUT2D eigenvalue weighted by atomic mass is 35.5. The first-order valence-electron chi connectivity index (χ1n) is 7.49. The number of halogens is 1. The molecular formula is C15H31ClN2O. The molecule has 1 aliphatic heterocycles. The molecule has 1 saturated heterocycles. The van der Waals surface area contributed by atoms with Crippen molar-refractivity contribution in [2.75, 3.05) is 26.7 Å². The topological polar surface area (TPSA) is 32.3 Å². The minimum absolute atomic E-state index is 0. The maximum atomic E-state index is 12.2. The number of rotatable bonds is 6. The van der Waals surface area contributed by atoms with E-state index < -0.39 is 0 Å². The molecule has 0 spiro atoms. The van der Waals surface area contributed by atoms with Crippen LogP contribution in [0.15, 0.2) is 0 Å². The number of hydrogen-bond donors (Lipinski definition) is 1. The molecule has 0 radical (unpaired) electrons. The van der Waals surface area contributed by atoms with E-state index in [4.69, 9.17) is 0 Å². The molecule has 114 valence electrons. The molecule has 0 bridgehead atoms. The fourth-order valence-corrected chi connectivity index (χ4v) is 2.71. The monoisotopic (exact) mass is 290 g/mol. The van der Waals surface area contributed by atoms with Crippen LogP contribution in [0.3, 0.4) is 0 Å². The van der Waals surface area contributed by atoms with Gasteiger partial charge in [-0.15, -0.1) is 12.4 Å². The SMILES string of the molecule is CCC(C)CN(C)C(=O)CC(C)C1CCNCC1.Cl. The molecule has 2 unspecified atom stereocenters. The van der Waals surface area contributed by atoms with Gasteiger partial charge < -0.3 is 10.2 Å². The first kappa shape index (κ1) is 18.7. The lowest BCUT2D eigenvalue weighted by Gasteiger charge is -2.29. The van der Waals surface area contributed by atoms with Crippen molar-refractivity contribution in [2.24, 2.45) is 17.8 Å². The normalized spacial score (nSPS) is 19.4. The highest BCUT2D eigenvalue weighted by molar-refractivity contribution is 5.85. The molecule has 1 rings (SSSR count). The Balaban J connectivity index is 0.00000324. The molecule has 0 aliphatic carbocycles. The van der Waals surface area contributed by atoms with Crippen LogP contribution in [0.25, 0.3) is 0 Å². The van der Waals surface area contributed by atoms with Crippen molar-refractivity contribution in [3.8, 4) is 0 Å². The largest absolute Gasteiger partial charge is 0.345 e. The van der Waals surface area contributed by atoms with E-state index in [1.807, 2.05) is 11.9 Å². The summed E-state index contributed by atoms with van der Waals surface area (Å²) in [7, 11) is 1.95. The first-order chi connectivity index (χ1) is 8.54. The Morgan fingerprint density at radius 2 is 1.89 bits per heavy atom. The minimum atomic E-state index is 0. The number of piperidine rings is 1. The molecule has 4 heteroatoms. The average molecular weight is 291 g/mol. The van der Waals surface area contributed by atoms with Crippen molar-refractivity contribution >= 4 is 18.3 Å². The third-order valence-electron chi connectivity index (χ3n) is 4.39. The van der Waals surface area contributed by atoms with E-state index in [1.54, 1.807) is 0 Å². The van der Waals surface area contributed by atoms with E-state index >= 15 is 0 Å². The summed E-state index contributed by atoms with van der Waals surface area (Å²) in [6.45, 7) is 9.76. The van der Waals surface area contributed by atoms with E-state index in [2.05, 4.69) is 26.1 Å². The Kier molecular flexibility index (Phi) is 9.46. The molecule has 0 saturated carbocycles. The lowest BCUT2D eigenvalue weighted by atomic mass is 9.84. The highest BCUT2D eigenvalue weighted by Crippen LogP contribution is 2.24. The van der Waals surface area contributed by atoms with Gasteiger partial charge in [-0.05, 0) is 43.7 Å². The van der Waals surface area contributed by atoms with Gasteiger partial charge in [-0.1, -0.05) is 27.2 Å². The van der Waals surface area contributed by atoms with Gasteiger partial charge in [-0.3, -0.25) is 4.79 Å². The molecule has 1 fully saturated rings. The number of amides is 1. The van der Waals surface area contributed by atoms with E-state index in [0.29, 0.717) is 17.7 Å². The molecule has 3 nitrogen and oxygen atoms in total. The zero-order valence-corrected chi connectivity index (χ0v) is 13.8. The van der Waals surface area contributed by atoms with Crippen molar-refractivity contribution in [1.29, 1.82) is 0 Å². The number of carbonyl (C=O) groups excluding carboxylic acids is 1. The third kappa shape index (κ3) is 6.62. The van der Waals surface area contributed by atoms with Crippen molar-refractivity contribution in [3.63, 3.8) is 0 Å². The lowest BCUT2D eigenvalue weighted by Crippen LogP contribution is -2.35. The molecule has 0 aromatic heterocycles. The Bertz CT molecular complexity index is 255. The molecule has 2 atom stereocenters. The summed E-state index contributed by atoms with van der Waals surface area (Å²) < 4.78 is 0. The van der Waals surface area contributed by atoms with E-state index in [-0.39, 0.29) is 12.4 Å². The quantitative estimate of drug-likeness (QED) is 0.816. The maximum absolute atomic E-state index is 12.2. The van der Waals surface area contributed by atoms with E-state index in [0.717, 1.165) is 38.4 Å². The van der Waals surface area contributed by atoms with Gasteiger partial charge in [-0.2, -0.15) is 0 Å². The molecule has 1 heterocycles. The summed E-state index contributed by atoms with van der Waals surface area (Å²) >= 11 is 0. The Morgan fingerprint density at radius 3 is 2.42 bits per heavy atom. The van der Waals surface area contributed by atoms with Gasteiger partial charge in [-0.25, -0.2) is 0 Å². The average Bonchev–Trinajstić information content (AvgIpc) is 2.39. The summed E-state index contributed by atoms with van der Waals surface area (Å²) in [6.07, 6.45) is 4.31. The van der Waals surface area contributed by atoms with Crippen LogP contribution in [0.4, 0.5) is 0 Å². The predicted octanol–water partition coefficient (Wildman–Crippen LogP) is 2.94. The van der Waals surface area contributed by atoms with Crippen molar-refractivity contribution < 1.29 is 4.79 Å². The van der Waals surface area contributed by atoms with Crippen LogP contribution in [0.1, 0.15) is 46.5 Å². The van der Waals surface area contributed by atoms with Gasteiger partial charge in [0.25, 0.3) is 0 Å². The van der Waals surface area contributed by atoms with Crippen molar-refractivity contribution in [2.45, 2.75) is 46.5 Å². The predicted molar refractivity (Wildman–Crippen MR) is 83.7 cm³/mol. The summed E-state index contributed by atoms with van der Waals surface area (Å²) in [5.74, 6) is 2.18. The Hall–Kier alpha value is -0.280. The molecule has 1 amide bonds. The van der Waals surface area contributed by atoms with E-state index in [9.17, 15) is 4.79 Å². The zero-order chi connectivity index (χ0) is 13.5. The number of carbonyl (C=O) groups is 1. The molecule has 1 N–H and O–H groups in total. The number of nitrogens with zero attached hydrogens (tertiary/aromatic N) is 1. The standard InChI is InChI=1S/C15H30N2O.ClH/c1-5-12(2)11-17(4)15(18)10-13(3)14-6-8-16-9-7-14;/h12-14,16H,5-11H2,1-4H3;1H. The maximum Gasteiger partial charge on any atom is 0.222 e. The van der Waals surface area contributed by atoms with E-state index in [1.165, 1.54) is 12.8 Å². The first-order valence-corrected chi connectivity index (χ1v) is 7.49. The van der Waals surface area contributed by atoms with Crippen LogP contribution >= 0.6 is 12.4 Å². The molecule has 0 aromatic carbocycles. The molecule has 19 heavy (non-hydrogen) atoms. The summed E-state index contributed by atoms with van der Waals surface area (Å²) in [4.78, 5) is 14.1. The summed E-state index contributed by atoms with van der Waals surface area (Å²) in [6, 6.07) is 0. The second-order valence-electron chi connectivity index (χ2n) is 6.06. The number of nitrogens with one attached hydrogen (secondary N) is 1. The van der Waals surface area contributed by atoms with Gasteiger partial charge >= 0.3 is 0 Å². The van der Waals surface area contributed by atoms with Crippen LogP contribution in [-0.2, 0) is 4.79 Å². The van der Waals surface area contributed by atoms with Crippen LogP contribution in [0.5, 0.6) is 0 Å². The smallest absolute Gasteiger partial charge is 0.222 e. The Morgan fingerprint density at radius 1 is 1.32 bits per heavy atom. The van der Waals surface area contributed by atoms with Crippen LogP contribution in [0.2, 0.25) is 0 Å². The van der Waals surface area contributed by atoms with Gasteiger partial charge in [0.2, 0.25) is 5.91 Å². The zero-order valence-electron chi connectivity index (χ0n) is 12.9. The van der Waals surface area contributed by atoms with Crippen molar-refractivity contribution in [1.82, 2.24) is 10.2 Å². The van der Waals surface area contributed by atoms with Crippen molar-refractivity contribution in [3.05, 3.63) is 0 Å². The second-order valence-corrected chi connectivity index (χ2v) is 6.06. The van der Waals surface area contributed by atoms with Gasteiger partial charge in [0, 0.05) is 20.0 Å². The van der Waals surface area contributed by atoms with Gasteiger partial charge in [0.15, 0.2) is 0 Å². The van der Waals surface area contributed by atoms with Crippen LogP contribution < -0.4 is 5.32 Å². The Labute approximate surface area is 124 Å². The van der Waals surface area contributed by atoms with Gasteiger partial charge in [0.05, 0.1) is 0 Å². The minimum Gasteiger partial charge on any atom is -0.345 e. The molecule has 1 aliphatic rings. The van der Waals surface area contributed by atoms with Crippen LogP contribution in [-0.4, -0.2) is 37.5 Å². The number of hydrogen-bond acceptors (Lipinski definition) is 2. The lowest BCUT2D eigenvalue weighted by molar-refractivity contribution is -0.131. The fourth-order valence-electron chi connectivity index (χ4n) is 2.71. The van der Waals surface area contributed by atoms with Crippen LogP contribution in [0, 0.1) is 17.8 Å². The highest BCUT2D eigenvalue weighted by Gasteiger charge is 2.23. The summed E-state index contributed by atoms with van der Waals surface area (Å²) in [5, 5.41) is 3.38. The molecule has 0 aromatic rings. The summed E-state index contributed by atoms with van der Waals surface area (Å²) in [5.41, 5.74) is 0. The third-order valence-corrected chi connectivity index (χ3v) is 4.39. The fraction of sp³-hybridized carbons (Fsp3) is 0.933. The van der Waals surface area contributed by atoms with Gasteiger partial charge in [0.1, 0.15) is 0 Å². The second kappa shape index (κ2) is 9.60.